The first-order chi connectivity index (χ1) is 9.10. The molecule has 0 aromatic carbocycles. The molecule has 0 saturated carbocycles. The van der Waals surface area contributed by atoms with Crippen LogP contribution in [0.3, 0.4) is 0 Å². The molecule has 2 heterocycles. The summed E-state index contributed by atoms with van der Waals surface area (Å²) in [5.41, 5.74) is 0. The third-order valence-corrected chi connectivity index (χ3v) is 5.20. The second-order valence-electron chi connectivity index (χ2n) is 6.85. The van der Waals surface area contributed by atoms with E-state index in [9.17, 15) is 4.39 Å². The monoisotopic (exact) mass is 270 g/mol. The van der Waals surface area contributed by atoms with Crippen LogP contribution in [0, 0.1) is 17.8 Å². The smallest absolute Gasteiger partial charge is 0.116 e. The quantitative estimate of drug-likeness (QED) is 0.775. The average Bonchev–Trinajstić information content (AvgIpc) is 2.39. The predicted octanol–water partition coefficient (Wildman–Crippen LogP) is 3.03. The van der Waals surface area contributed by atoms with Gasteiger partial charge in [0.05, 0.1) is 0 Å². The summed E-state index contributed by atoms with van der Waals surface area (Å²) in [5, 5.41) is 0. The molecule has 19 heavy (non-hydrogen) atoms. The van der Waals surface area contributed by atoms with Crippen molar-refractivity contribution in [2.24, 2.45) is 17.8 Å². The minimum absolute atomic E-state index is 0.290. The molecule has 0 aliphatic carbocycles. The molecule has 112 valence electrons. The number of nitrogens with zero attached hydrogens (tertiary/aromatic N) is 2. The molecule has 2 rings (SSSR count). The number of likely N-dealkylation sites (tertiary alicyclic amines) is 2. The van der Waals surface area contributed by atoms with Gasteiger partial charge in [-0.25, -0.2) is 4.39 Å². The highest BCUT2D eigenvalue weighted by Gasteiger charge is 2.32. The molecule has 2 nitrogen and oxygen atoms in total. The molecule has 0 radical (unpaired) electrons. The Hall–Kier alpha value is -0.150. The highest BCUT2D eigenvalue weighted by Crippen LogP contribution is 2.28. The Kier molecular flexibility index (Phi) is 5.64. The minimum atomic E-state index is -0.607. The normalized spacial score (nSPS) is 32.1. The number of hydrogen-bond donors (Lipinski definition) is 0. The van der Waals surface area contributed by atoms with Gasteiger partial charge in [-0.15, -0.1) is 0 Å². The number of alkyl halides is 1. The van der Waals surface area contributed by atoms with Crippen molar-refractivity contribution in [3.8, 4) is 0 Å². The summed E-state index contributed by atoms with van der Waals surface area (Å²) in [6.45, 7) is 13.1. The zero-order chi connectivity index (χ0) is 13.8. The molecule has 0 N–H and O–H groups in total. The molecule has 2 aliphatic heterocycles. The highest BCUT2D eigenvalue weighted by atomic mass is 19.1. The Morgan fingerprint density at radius 2 is 1.68 bits per heavy atom. The van der Waals surface area contributed by atoms with E-state index in [0.717, 1.165) is 25.4 Å². The molecule has 0 spiro atoms. The van der Waals surface area contributed by atoms with E-state index in [4.69, 9.17) is 0 Å². The lowest BCUT2D eigenvalue weighted by Crippen LogP contribution is -2.46. The Morgan fingerprint density at radius 3 is 2.21 bits per heavy atom. The second kappa shape index (κ2) is 7.03. The van der Waals surface area contributed by atoms with Crippen LogP contribution in [0.25, 0.3) is 0 Å². The van der Waals surface area contributed by atoms with Crippen LogP contribution in [-0.4, -0.2) is 55.2 Å². The summed E-state index contributed by atoms with van der Waals surface area (Å²) in [6, 6.07) is 0. The van der Waals surface area contributed by atoms with Crippen LogP contribution >= 0.6 is 0 Å². The Labute approximate surface area is 118 Å². The van der Waals surface area contributed by atoms with Gasteiger partial charge in [0.15, 0.2) is 0 Å². The summed E-state index contributed by atoms with van der Waals surface area (Å²) >= 11 is 0. The molecular formula is C16H31FN2. The number of halogens is 1. The van der Waals surface area contributed by atoms with Crippen molar-refractivity contribution in [2.75, 3.05) is 39.3 Å². The summed E-state index contributed by atoms with van der Waals surface area (Å²) in [4.78, 5) is 4.91. The molecule has 2 aliphatic rings. The SMILES string of the molecule is CCN1CCC(CN2CCC(C(C)C)C(F)C2)CC1. The number of rotatable bonds is 4. The van der Waals surface area contributed by atoms with E-state index < -0.39 is 6.17 Å². The van der Waals surface area contributed by atoms with Gasteiger partial charge in [-0.1, -0.05) is 20.8 Å². The first-order valence-corrected chi connectivity index (χ1v) is 8.19. The fourth-order valence-corrected chi connectivity index (χ4v) is 3.75. The Balaban J connectivity index is 1.73. The maximum absolute atomic E-state index is 14.2. The maximum atomic E-state index is 14.2. The van der Waals surface area contributed by atoms with Gasteiger partial charge in [0, 0.05) is 13.1 Å². The van der Waals surface area contributed by atoms with Crippen molar-refractivity contribution in [3.05, 3.63) is 0 Å². The number of hydrogen-bond acceptors (Lipinski definition) is 2. The zero-order valence-electron chi connectivity index (χ0n) is 12.9. The topological polar surface area (TPSA) is 6.48 Å². The largest absolute Gasteiger partial charge is 0.304 e. The van der Waals surface area contributed by atoms with E-state index in [1.165, 1.54) is 32.5 Å². The van der Waals surface area contributed by atoms with Crippen LogP contribution in [0.5, 0.6) is 0 Å². The van der Waals surface area contributed by atoms with Gasteiger partial charge >= 0.3 is 0 Å². The highest BCUT2D eigenvalue weighted by molar-refractivity contribution is 4.84. The third-order valence-electron chi connectivity index (χ3n) is 5.20. The summed E-state index contributed by atoms with van der Waals surface area (Å²) < 4.78 is 14.2. The van der Waals surface area contributed by atoms with Crippen molar-refractivity contribution in [1.82, 2.24) is 9.80 Å². The van der Waals surface area contributed by atoms with E-state index in [2.05, 4.69) is 30.6 Å². The van der Waals surface area contributed by atoms with Gasteiger partial charge in [-0.3, -0.25) is 0 Å². The zero-order valence-corrected chi connectivity index (χ0v) is 12.9. The summed E-state index contributed by atoms with van der Waals surface area (Å²) in [7, 11) is 0. The van der Waals surface area contributed by atoms with Crippen LogP contribution in [0.2, 0.25) is 0 Å². The first kappa shape index (κ1) is 15.2. The molecule has 2 atom stereocenters. The lowest BCUT2D eigenvalue weighted by atomic mass is 9.84. The van der Waals surface area contributed by atoms with Crippen LogP contribution < -0.4 is 0 Å². The van der Waals surface area contributed by atoms with E-state index in [0.29, 0.717) is 12.5 Å². The Bertz CT molecular complexity index is 261. The van der Waals surface area contributed by atoms with Gasteiger partial charge in [-0.05, 0) is 63.2 Å². The summed E-state index contributed by atoms with van der Waals surface area (Å²) in [6.07, 6.45) is 3.04. The van der Waals surface area contributed by atoms with Crippen LogP contribution in [0.15, 0.2) is 0 Å². The lowest BCUT2D eigenvalue weighted by Gasteiger charge is -2.39. The molecule has 0 aromatic rings. The van der Waals surface area contributed by atoms with Crippen molar-refractivity contribution in [2.45, 2.75) is 46.2 Å². The number of piperidine rings is 2. The minimum Gasteiger partial charge on any atom is -0.304 e. The first-order valence-electron chi connectivity index (χ1n) is 8.19. The second-order valence-corrected chi connectivity index (χ2v) is 6.85. The van der Waals surface area contributed by atoms with Gasteiger partial charge in [0.1, 0.15) is 6.17 Å². The van der Waals surface area contributed by atoms with Crippen molar-refractivity contribution >= 4 is 0 Å². The average molecular weight is 270 g/mol. The van der Waals surface area contributed by atoms with Crippen molar-refractivity contribution < 1.29 is 4.39 Å². The molecule has 3 heteroatoms. The van der Waals surface area contributed by atoms with Crippen LogP contribution in [0.1, 0.15) is 40.0 Å². The van der Waals surface area contributed by atoms with Crippen molar-refractivity contribution in [3.63, 3.8) is 0 Å². The fraction of sp³-hybridized carbons (Fsp3) is 1.00. The van der Waals surface area contributed by atoms with Crippen molar-refractivity contribution in [1.29, 1.82) is 0 Å². The molecule has 2 fully saturated rings. The van der Waals surface area contributed by atoms with Gasteiger partial charge < -0.3 is 9.80 Å². The standard InChI is InChI=1S/C16H31FN2/c1-4-18-8-5-14(6-9-18)11-19-10-7-15(13(2)3)16(17)12-19/h13-16H,4-12H2,1-3H3. The van der Waals surface area contributed by atoms with E-state index in [1.807, 2.05) is 0 Å². The third kappa shape index (κ3) is 4.16. The predicted molar refractivity (Wildman–Crippen MR) is 79.1 cm³/mol. The lowest BCUT2D eigenvalue weighted by molar-refractivity contribution is 0.0446. The summed E-state index contributed by atoms with van der Waals surface area (Å²) in [5.74, 6) is 1.58. The van der Waals surface area contributed by atoms with E-state index in [1.54, 1.807) is 0 Å². The molecule has 0 aromatic heterocycles. The van der Waals surface area contributed by atoms with E-state index in [-0.39, 0.29) is 5.92 Å². The maximum Gasteiger partial charge on any atom is 0.116 e. The molecule has 0 bridgehead atoms. The van der Waals surface area contributed by atoms with Gasteiger partial charge in [0.25, 0.3) is 0 Å². The van der Waals surface area contributed by atoms with Gasteiger partial charge in [0.2, 0.25) is 0 Å². The van der Waals surface area contributed by atoms with E-state index >= 15 is 0 Å². The molecule has 2 unspecified atom stereocenters. The van der Waals surface area contributed by atoms with Crippen LogP contribution in [0.4, 0.5) is 4.39 Å². The van der Waals surface area contributed by atoms with Crippen LogP contribution in [-0.2, 0) is 0 Å². The molecule has 2 saturated heterocycles. The molecule has 0 amide bonds. The van der Waals surface area contributed by atoms with Gasteiger partial charge in [-0.2, -0.15) is 0 Å². The fourth-order valence-electron chi connectivity index (χ4n) is 3.75. The molecular weight excluding hydrogens is 239 g/mol. The Morgan fingerprint density at radius 1 is 1.05 bits per heavy atom.